The molecule has 2 N–H and O–H groups in total. The van der Waals surface area contributed by atoms with E-state index < -0.39 is 0 Å². The first-order valence-electron chi connectivity index (χ1n) is 12.2. The normalized spacial score (nSPS) is 18.3. The van der Waals surface area contributed by atoms with Crippen molar-refractivity contribution >= 4 is 17.4 Å². The maximum Gasteiger partial charge on any atom is 0.319 e. The number of amides is 2. The van der Waals surface area contributed by atoms with Gasteiger partial charge >= 0.3 is 6.03 Å². The number of nitrogens with one attached hydrogen (secondary N) is 2. The van der Waals surface area contributed by atoms with Crippen LogP contribution in [0.25, 0.3) is 0 Å². The van der Waals surface area contributed by atoms with Crippen molar-refractivity contribution < 1.29 is 4.79 Å². The van der Waals surface area contributed by atoms with E-state index in [4.69, 9.17) is 0 Å². The molecule has 2 aromatic rings. The van der Waals surface area contributed by atoms with E-state index in [0.717, 1.165) is 82.4 Å². The Morgan fingerprint density at radius 1 is 0.818 bits per heavy atom. The Bertz CT molecular complexity index is 886. The molecule has 2 amide bonds. The number of para-hydroxylation sites is 2. The monoisotopic (exact) mass is 450 g/mol. The van der Waals surface area contributed by atoms with Gasteiger partial charge in [-0.25, -0.2) is 4.79 Å². The van der Waals surface area contributed by atoms with Crippen LogP contribution in [0.3, 0.4) is 0 Å². The molecule has 0 spiro atoms. The van der Waals surface area contributed by atoms with E-state index in [1.54, 1.807) is 0 Å². The van der Waals surface area contributed by atoms with Crippen molar-refractivity contribution in [2.45, 2.75) is 20.0 Å². The summed E-state index contributed by atoms with van der Waals surface area (Å²) in [5.41, 5.74) is 4.39. The minimum atomic E-state index is -0.170. The van der Waals surface area contributed by atoms with Gasteiger partial charge in [0.25, 0.3) is 0 Å². The van der Waals surface area contributed by atoms with E-state index in [9.17, 15) is 4.79 Å². The molecule has 178 valence electrons. The number of hydrogen-bond acceptors (Lipinski definition) is 5. The van der Waals surface area contributed by atoms with Crippen LogP contribution in [-0.4, -0.2) is 86.7 Å². The van der Waals surface area contributed by atoms with Crippen molar-refractivity contribution in [2.75, 3.05) is 76.2 Å². The maximum atomic E-state index is 12.6. The highest BCUT2D eigenvalue weighted by Crippen LogP contribution is 2.26. The molecule has 0 atom stereocenters. The summed E-state index contributed by atoms with van der Waals surface area (Å²) in [5, 5.41) is 6.06. The van der Waals surface area contributed by atoms with Crippen molar-refractivity contribution in [3.8, 4) is 0 Å². The zero-order chi connectivity index (χ0) is 23.0. The molecule has 2 saturated heterocycles. The zero-order valence-corrected chi connectivity index (χ0v) is 20.1. The van der Waals surface area contributed by atoms with Gasteiger partial charge < -0.3 is 25.3 Å². The summed E-state index contributed by atoms with van der Waals surface area (Å²) < 4.78 is 0. The molecule has 2 aromatic carbocycles. The zero-order valence-electron chi connectivity index (χ0n) is 20.1. The first kappa shape index (κ1) is 23.5. The largest absolute Gasteiger partial charge is 0.367 e. The SMILES string of the molecule is CCN1CCN(c2ccccc2NC(=O)NCc2ccc(CN3CCN(C)CC3)cc2)CC1. The molecule has 2 aliphatic rings. The molecule has 33 heavy (non-hydrogen) atoms. The van der Waals surface area contributed by atoms with E-state index in [1.807, 2.05) is 18.2 Å². The summed E-state index contributed by atoms with van der Waals surface area (Å²) in [7, 11) is 2.18. The lowest BCUT2D eigenvalue weighted by molar-refractivity contribution is 0.148. The number of urea groups is 1. The minimum Gasteiger partial charge on any atom is -0.367 e. The third kappa shape index (κ3) is 6.69. The fourth-order valence-corrected chi connectivity index (χ4v) is 4.54. The summed E-state index contributed by atoms with van der Waals surface area (Å²) in [6.45, 7) is 13.4. The Morgan fingerprint density at radius 3 is 2.15 bits per heavy atom. The van der Waals surface area contributed by atoms with Gasteiger partial charge in [-0.2, -0.15) is 0 Å². The molecule has 0 bridgehead atoms. The van der Waals surface area contributed by atoms with Gasteiger partial charge in [0.1, 0.15) is 0 Å². The molecule has 7 heteroatoms. The Kier molecular flexibility index (Phi) is 8.20. The van der Waals surface area contributed by atoms with Crippen molar-refractivity contribution in [1.29, 1.82) is 0 Å². The Labute approximate surface area is 198 Å². The second-order valence-corrected chi connectivity index (χ2v) is 9.14. The molecule has 0 saturated carbocycles. The number of anilines is 2. The Morgan fingerprint density at radius 2 is 1.45 bits per heavy atom. The van der Waals surface area contributed by atoms with Crippen molar-refractivity contribution in [2.24, 2.45) is 0 Å². The van der Waals surface area contributed by atoms with E-state index in [2.05, 4.69) is 74.5 Å². The molecule has 7 nitrogen and oxygen atoms in total. The van der Waals surface area contributed by atoms with Crippen LogP contribution in [0.4, 0.5) is 16.2 Å². The van der Waals surface area contributed by atoms with E-state index in [1.165, 1.54) is 5.56 Å². The van der Waals surface area contributed by atoms with Crippen LogP contribution in [0.1, 0.15) is 18.1 Å². The lowest BCUT2D eigenvalue weighted by Gasteiger charge is -2.36. The minimum absolute atomic E-state index is 0.170. The molecular weight excluding hydrogens is 412 g/mol. The average Bonchev–Trinajstić information content (AvgIpc) is 2.85. The standard InChI is InChI=1S/C26H38N6O/c1-3-30-16-18-32(19-17-30)25-7-5-4-6-24(25)28-26(33)27-20-22-8-10-23(11-9-22)21-31-14-12-29(2)13-15-31/h4-11H,3,12-21H2,1-2H3,(H2,27,28,33). The highest BCUT2D eigenvalue weighted by Gasteiger charge is 2.19. The molecule has 4 rings (SSSR count). The summed E-state index contributed by atoms with van der Waals surface area (Å²) in [6.07, 6.45) is 0. The van der Waals surface area contributed by atoms with Crippen molar-refractivity contribution in [3.63, 3.8) is 0 Å². The predicted molar refractivity (Wildman–Crippen MR) is 136 cm³/mol. The third-order valence-electron chi connectivity index (χ3n) is 6.79. The number of likely N-dealkylation sites (N-methyl/N-ethyl adjacent to an activating group) is 2. The van der Waals surface area contributed by atoms with Crippen LogP contribution in [-0.2, 0) is 13.1 Å². The van der Waals surface area contributed by atoms with Crippen LogP contribution in [0, 0.1) is 0 Å². The highest BCUT2D eigenvalue weighted by molar-refractivity contribution is 5.93. The molecule has 0 unspecified atom stereocenters. The van der Waals surface area contributed by atoms with Gasteiger partial charge in [-0.05, 0) is 36.9 Å². The molecule has 2 fully saturated rings. The molecule has 0 aromatic heterocycles. The number of carbonyl (C=O) groups excluding carboxylic acids is 1. The van der Waals surface area contributed by atoms with Crippen molar-refractivity contribution in [3.05, 3.63) is 59.7 Å². The van der Waals surface area contributed by atoms with Gasteiger partial charge in [0.2, 0.25) is 0 Å². The lowest BCUT2D eigenvalue weighted by atomic mass is 10.1. The number of carbonyl (C=O) groups is 1. The second kappa shape index (κ2) is 11.5. The fourth-order valence-electron chi connectivity index (χ4n) is 4.54. The number of nitrogens with zero attached hydrogens (tertiary/aromatic N) is 4. The van der Waals surface area contributed by atoms with Crippen LogP contribution in [0.15, 0.2) is 48.5 Å². The summed E-state index contributed by atoms with van der Waals surface area (Å²) in [6, 6.07) is 16.5. The van der Waals surface area contributed by atoms with Crippen LogP contribution in [0.5, 0.6) is 0 Å². The molecule has 0 radical (unpaired) electrons. The number of benzene rings is 2. The molecule has 2 aliphatic heterocycles. The predicted octanol–water partition coefficient (Wildman–Crippen LogP) is 2.90. The first-order chi connectivity index (χ1) is 16.1. The van der Waals surface area contributed by atoms with Gasteiger partial charge in [-0.3, -0.25) is 4.90 Å². The maximum absolute atomic E-state index is 12.6. The first-order valence-corrected chi connectivity index (χ1v) is 12.2. The quantitative estimate of drug-likeness (QED) is 0.679. The number of piperazine rings is 2. The van der Waals surface area contributed by atoms with Crippen molar-refractivity contribution in [1.82, 2.24) is 20.0 Å². The van der Waals surface area contributed by atoms with Crippen LogP contribution in [0.2, 0.25) is 0 Å². The topological polar surface area (TPSA) is 54.1 Å². The smallest absolute Gasteiger partial charge is 0.319 e. The molecule has 2 heterocycles. The number of rotatable bonds is 7. The molecular formula is C26H38N6O. The van der Waals surface area contributed by atoms with Gasteiger partial charge in [-0.1, -0.05) is 43.3 Å². The number of hydrogen-bond donors (Lipinski definition) is 2. The second-order valence-electron chi connectivity index (χ2n) is 9.14. The van der Waals surface area contributed by atoms with E-state index in [0.29, 0.717) is 6.54 Å². The van der Waals surface area contributed by atoms with Gasteiger partial charge in [0.05, 0.1) is 11.4 Å². The van der Waals surface area contributed by atoms with Gasteiger partial charge in [0.15, 0.2) is 0 Å². The lowest BCUT2D eigenvalue weighted by Crippen LogP contribution is -2.46. The van der Waals surface area contributed by atoms with E-state index in [-0.39, 0.29) is 6.03 Å². The fraction of sp³-hybridized carbons (Fsp3) is 0.500. The summed E-state index contributed by atoms with van der Waals surface area (Å²) in [5.74, 6) is 0. The Hall–Kier alpha value is -2.61. The molecule has 0 aliphatic carbocycles. The van der Waals surface area contributed by atoms with E-state index >= 15 is 0 Å². The average molecular weight is 451 g/mol. The third-order valence-corrected chi connectivity index (χ3v) is 6.79. The summed E-state index contributed by atoms with van der Waals surface area (Å²) >= 11 is 0. The van der Waals surface area contributed by atoms with Gasteiger partial charge in [0, 0.05) is 65.4 Å². The Balaban J connectivity index is 1.26. The van der Waals surface area contributed by atoms with Crippen LogP contribution < -0.4 is 15.5 Å². The highest BCUT2D eigenvalue weighted by atomic mass is 16.2. The van der Waals surface area contributed by atoms with Crippen LogP contribution >= 0.6 is 0 Å². The van der Waals surface area contributed by atoms with Gasteiger partial charge in [-0.15, -0.1) is 0 Å². The summed E-state index contributed by atoms with van der Waals surface area (Å²) in [4.78, 5) is 22.3.